The molecule has 0 aromatic heterocycles. The molecule has 0 spiro atoms. The first kappa shape index (κ1) is 23.3. The molecule has 0 bridgehead atoms. The third-order valence-electron chi connectivity index (χ3n) is 5.75. The smallest absolute Gasteiger partial charge is 0.363 e. The second kappa shape index (κ2) is 9.56. The largest absolute Gasteiger partial charge is 0.493 e. The van der Waals surface area contributed by atoms with Gasteiger partial charge in [0, 0.05) is 5.56 Å². The number of hydrogen-bond donors (Lipinski definition) is 0. The van der Waals surface area contributed by atoms with Gasteiger partial charge in [0.1, 0.15) is 6.61 Å². The zero-order valence-corrected chi connectivity index (χ0v) is 20.2. The summed E-state index contributed by atoms with van der Waals surface area (Å²) in [5.74, 6) is 1.04. The molecular weight excluding hydrogens is 426 g/mol. The fourth-order valence-corrected chi connectivity index (χ4v) is 3.62. The lowest BCUT2D eigenvalue weighted by Gasteiger charge is -2.18. The van der Waals surface area contributed by atoms with E-state index >= 15 is 0 Å². The minimum absolute atomic E-state index is 0.0482. The normalized spacial score (nSPS) is 14.7. The summed E-state index contributed by atoms with van der Waals surface area (Å²) >= 11 is 0. The first-order valence-corrected chi connectivity index (χ1v) is 11.2. The van der Waals surface area contributed by atoms with E-state index in [2.05, 4.69) is 38.8 Å². The van der Waals surface area contributed by atoms with Crippen LogP contribution in [0, 0.1) is 6.92 Å². The maximum Gasteiger partial charge on any atom is 0.363 e. The molecule has 0 unspecified atom stereocenters. The Hall–Kier alpha value is -3.86. The van der Waals surface area contributed by atoms with Crippen LogP contribution in [0.15, 0.2) is 77.4 Å². The number of carbonyl (C=O) groups is 1. The van der Waals surface area contributed by atoms with E-state index in [1.54, 1.807) is 13.2 Å². The first-order valence-electron chi connectivity index (χ1n) is 11.2. The van der Waals surface area contributed by atoms with E-state index in [-0.39, 0.29) is 11.1 Å². The molecule has 0 atom stereocenters. The maximum atomic E-state index is 12.4. The molecule has 34 heavy (non-hydrogen) atoms. The fraction of sp³-hybridized carbons (Fsp3) is 0.241. The number of nitrogens with zero attached hydrogens (tertiary/aromatic N) is 1. The molecule has 1 aliphatic rings. The van der Waals surface area contributed by atoms with E-state index in [1.807, 2.05) is 60.7 Å². The highest BCUT2D eigenvalue weighted by molar-refractivity contribution is 6.12. The highest BCUT2D eigenvalue weighted by Gasteiger charge is 2.25. The Labute approximate surface area is 200 Å². The molecule has 0 N–H and O–H groups in total. The Kier molecular flexibility index (Phi) is 6.55. The van der Waals surface area contributed by atoms with Crippen LogP contribution in [0.2, 0.25) is 0 Å². The van der Waals surface area contributed by atoms with Crippen LogP contribution in [0.3, 0.4) is 0 Å². The first-order chi connectivity index (χ1) is 16.2. The van der Waals surface area contributed by atoms with Crippen molar-refractivity contribution in [1.82, 2.24) is 0 Å². The number of ether oxygens (including phenoxy) is 3. The fourth-order valence-electron chi connectivity index (χ4n) is 3.62. The van der Waals surface area contributed by atoms with Crippen molar-refractivity contribution >= 4 is 17.9 Å². The van der Waals surface area contributed by atoms with E-state index in [0.29, 0.717) is 24.0 Å². The second-order valence-electron chi connectivity index (χ2n) is 9.29. The molecule has 1 aliphatic heterocycles. The van der Waals surface area contributed by atoms with Crippen LogP contribution in [0.1, 0.15) is 48.6 Å². The van der Waals surface area contributed by atoms with Crippen molar-refractivity contribution in [2.24, 2.45) is 4.99 Å². The number of methoxy groups -OCH3 is 1. The van der Waals surface area contributed by atoms with E-state index in [1.165, 1.54) is 11.1 Å². The Balaban J connectivity index is 1.53. The van der Waals surface area contributed by atoms with Crippen LogP contribution in [-0.2, 0) is 21.6 Å². The molecule has 174 valence electrons. The van der Waals surface area contributed by atoms with Crippen molar-refractivity contribution in [3.8, 4) is 11.5 Å². The van der Waals surface area contributed by atoms with Crippen molar-refractivity contribution in [2.45, 2.75) is 39.7 Å². The van der Waals surface area contributed by atoms with Gasteiger partial charge in [-0.2, -0.15) is 0 Å². The Morgan fingerprint density at radius 3 is 2.38 bits per heavy atom. The van der Waals surface area contributed by atoms with E-state index in [0.717, 1.165) is 16.7 Å². The summed E-state index contributed by atoms with van der Waals surface area (Å²) in [6.45, 7) is 8.97. The van der Waals surface area contributed by atoms with Crippen molar-refractivity contribution in [2.75, 3.05) is 7.11 Å². The van der Waals surface area contributed by atoms with Crippen molar-refractivity contribution in [1.29, 1.82) is 0 Å². The number of aliphatic imine (C=N–C) groups is 1. The summed E-state index contributed by atoms with van der Waals surface area (Å²) < 4.78 is 16.9. The Morgan fingerprint density at radius 2 is 1.71 bits per heavy atom. The predicted molar refractivity (Wildman–Crippen MR) is 134 cm³/mol. The molecule has 0 radical (unpaired) electrons. The van der Waals surface area contributed by atoms with E-state index in [9.17, 15) is 4.79 Å². The van der Waals surface area contributed by atoms with Gasteiger partial charge < -0.3 is 14.2 Å². The highest BCUT2D eigenvalue weighted by atomic mass is 16.6. The van der Waals surface area contributed by atoms with Crippen LogP contribution < -0.4 is 9.47 Å². The quantitative estimate of drug-likeness (QED) is 0.327. The SMILES string of the molecule is COc1cc(/C=C2\N=C(c3ccc(C(C)(C)C)cc3)OC2=O)ccc1OCc1ccccc1C. The van der Waals surface area contributed by atoms with Crippen LogP contribution >= 0.6 is 0 Å². The molecule has 5 nitrogen and oxygen atoms in total. The van der Waals surface area contributed by atoms with Crippen LogP contribution in [0.4, 0.5) is 0 Å². The molecule has 3 aromatic carbocycles. The number of esters is 1. The number of hydrogen-bond acceptors (Lipinski definition) is 5. The van der Waals surface area contributed by atoms with Gasteiger partial charge in [-0.1, -0.05) is 63.2 Å². The molecule has 0 fully saturated rings. The molecular formula is C29H29NO4. The van der Waals surface area contributed by atoms with Gasteiger partial charge in [-0.05, 0) is 64.9 Å². The Bertz CT molecular complexity index is 1260. The molecule has 0 aliphatic carbocycles. The van der Waals surface area contributed by atoms with Gasteiger partial charge in [0.25, 0.3) is 0 Å². The lowest BCUT2D eigenvalue weighted by atomic mass is 9.87. The van der Waals surface area contributed by atoms with Crippen LogP contribution in [-0.4, -0.2) is 19.0 Å². The van der Waals surface area contributed by atoms with E-state index in [4.69, 9.17) is 14.2 Å². The lowest BCUT2D eigenvalue weighted by molar-refractivity contribution is -0.129. The maximum absolute atomic E-state index is 12.4. The van der Waals surface area contributed by atoms with Gasteiger partial charge in [-0.15, -0.1) is 0 Å². The second-order valence-corrected chi connectivity index (χ2v) is 9.29. The summed E-state index contributed by atoms with van der Waals surface area (Å²) in [6, 6.07) is 21.5. The Morgan fingerprint density at radius 1 is 0.971 bits per heavy atom. The molecule has 0 saturated carbocycles. The number of carbonyl (C=O) groups excluding carboxylic acids is 1. The van der Waals surface area contributed by atoms with Crippen molar-refractivity contribution < 1.29 is 19.0 Å². The minimum Gasteiger partial charge on any atom is -0.493 e. The summed E-state index contributed by atoms with van der Waals surface area (Å²) in [6.07, 6.45) is 1.69. The summed E-state index contributed by atoms with van der Waals surface area (Å²) in [4.78, 5) is 16.9. The van der Waals surface area contributed by atoms with Gasteiger partial charge in [0.2, 0.25) is 5.90 Å². The average Bonchev–Trinajstić information content (AvgIpc) is 3.18. The van der Waals surface area contributed by atoms with Gasteiger partial charge in [0.15, 0.2) is 17.2 Å². The van der Waals surface area contributed by atoms with Crippen LogP contribution in [0.5, 0.6) is 11.5 Å². The number of aryl methyl sites for hydroxylation is 1. The summed E-state index contributed by atoms with van der Waals surface area (Å²) in [5.41, 5.74) is 5.31. The number of cyclic esters (lactones) is 1. The average molecular weight is 456 g/mol. The zero-order chi connectivity index (χ0) is 24.3. The summed E-state index contributed by atoms with van der Waals surface area (Å²) in [5, 5.41) is 0. The standard InChI is InChI=1S/C29H29NO4/c1-19-8-6-7-9-22(19)18-33-25-15-10-20(17-26(25)32-5)16-24-28(31)34-27(30-24)21-11-13-23(14-12-21)29(2,3)4/h6-17H,18H2,1-5H3/b24-16-. The molecule has 1 heterocycles. The van der Waals surface area contributed by atoms with Crippen molar-refractivity contribution in [3.63, 3.8) is 0 Å². The third-order valence-corrected chi connectivity index (χ3v) is 5.75. The molecule has 3 aromatic rings. The monoisotopic (exact) mass is 455 g/mol. The zero-order valence-electron chi connectivity index (χ0n) is 20.2. The third kappa shape index (κ3) is 5.20. The van der Waals surface area contributed by atoms with Crippen molar-refractivity contribution in [3.05, 3.63) is 100 Å². The van der Waals surface area contributed by atoms with Crippen LogP contribution in [0.25, 0.3) is 6.08 Å². The topological polar surface area (TPSA) is 57.1 Å². The molecule has 5 heteroatoms. The summed E-state index contributed by atoms with van der Waals surface area (Å²) in [7, 11) is 1.59. The lowest BCUT2D eigenvalue weighted by Crippen LogP contribution is -2.11. The molecule has 4 rings (SSSR count). The van der Waals surface area contributed by atoms with Gasteiger partial charge >= 0.3 is 5.97 Å². The van der Waals surface area contributed by atoms with Gasteiger partial charge in [0.05, 0.1) is 7.11 Å². The highest BCUT2D eigenvalue weighted by Crippen LogP contribution is 2.31. The van der Waals surface area contributed by atoms with E-state index < -0.39 is 5.97 Å². The number of rotatable bonds is 6. The number of benzene rings is 3. The minimum atomic E-state index is -0.478. The molecule has 0 amide bonds. The van der Waals surface area contributed by atoms with Gasteiger partial charge in [-0.25, -0.2) is 9.79 Å². The molecule has 0 saturated heterocycles. The van der Waals surface area contributed by atoms with Gasteiger partial charge in [-0.3, -0.25) is 0 Å². The predicted octanol–water partition coefficient (Wildman–Crippen LogP) is 6.22.